The van der Waals surface area contributed by atoms with Gasteiger partial charge >= 0.3 is 0 Å². The average Bonchev–Trinajstić information content (AvgIpc) is 2.38. The maximum absolute atomic E-state index is 12.8. The van der Waals surface area contributed by atoms with E-state index in [-0.39, 0.29) is 17.1 Å². The van der Waals surface area contributed by atoms with Gasteiger partial charge in [0, 0.05) is 24.7 Å². The van der Waals surface area contributed by atoms with Crippen LogP contribution in [0.3, 0.4) is 0 Å². The normalized spacial score (nSPS) is 12.5. The molecule has 0 aliphatic rings. The van der Waals surface area contributed by atoms with Gasteiger partial charge in [0.05, 0.1) is 0 Å². The van der Waals surface area contributed by atoms with Gasteiger partial charge in [-0.1, -0.05) is 19.0 Å². The first-order valence-corrected chi connectivity index (χ1v) is 6.31. The lowest BCUT2D eigenvalue weighted by Gasteiger charge is -2.25. The number of benzene rings is 1. The average molecular weight is 267 g/mol. The van der Waals surface area contributed by atoms with Crippen LogP contribution in [0.25, 0.3) is 0 Å². The number of nitrogens with zero attached hydrogens (tertiary/aromatic N) is 2. The molecule has 19 heavy (non-hydrogen) atoms. The summed E-state index contributed by atoms with van der Waals surface area (Å²) in [7, 11) is 1.96. The third kappa shape index (κ3) is 4.43. The van der Waals surface area contributed by atoms with Crippen molar-refractivity contribution in [2.24, 2.45) is 16.3 Å². The summed E-state index contributed by atoms with van der Waals surface area (Å²) in [6.45, 7) is 4.72. The zero-order chi connectivity index (χ0) is 14.5. The van der Waals surface area contributed by atoms with Crippen molar-refractivity contribution in [3.8, 4) is 0 Å². The van der Waals surface area contributed by atoms with E-state index < -0.39 is 0 Å². The molecule has 0 unspecified atom stereocenters. The minimum Gasteiger partial charge on any atom is -0.409 e. The molecule has 0 amide bonds. The van der Waals surface area contributed by atoms with E-state index >= 15 is 0 Å². The van der Waals surface area contributed by atoms with Gasteiger partial charge in [-0.25, -0.2) is 4.39 Å². The van der Waals surface area contributed by atoms with Gasteiger partial charge in [-0.05, 0) is 37.1 Å². The second kappa shape index (κ2) is 6.41. The van der Waals surface area contributed by atoms with E-state index in [1.807, 2.05) is 20.9 Å². The molecule has 0 heterocycles. The molecule has 106 valence electrons. The molecule has 0 aliphatic carbocycles. The molecule has 5 heteroatoms. The minimum atomic E-state index is -0.321. The molecule has 1 aromatic rings. The van der Waals surface area contributed by atoms with Gasteiger partial charge in [0.1, 0.15) is 11.7 Å². The largest absolute Gasteiger partial charge is 0.409 e. The Morgan fingerprint density at radius 1 is 1.37 bits per heavy atom. The first kappa shape index (κ1) is 15.3. The van der Waals surface area contributed by atoms with Crippen LogP contribution in [-0.4, -0.2) is 24.6 Å². The zero-order valence-corrected chi connectivity index (χ0v) is 11.7. The predicted molar refractivity (Wildman–Crippen MR) is 76.1 cm³/mol. The summed E-state index contributed by atoms with van der Waals surface area (Å²) in [5.74, 6) is 0.0159. The summed E-state index contributed by atoms with van der Waals surface area (Å²) in [6, 6.07) is 6.41. The molecule has 0 saturated carbocycles. The smallest absolute Gasteiger partial charge is 0.144 e. The van der Waals surface area contributed by atoms with Crippen molar-refractivity contribution < 1.29 is 9.60 Å². The molecule has 0 bridgehead atoms. The van der Waals surface area contributed by atoms with E-state index in [4.69, 9.17) is 10.9 Å². The third-order valence-electron chi connectivity index (χ3n) is 3.36. The van der Waals surface area contributed by atoms with Crippen molar-refractivity contribution in [3.05, 3.63) is 30.1 Å². The molecule has 0 radical (unpaired) electrons. The van der Waals surface area contributed by atoms with Crippen molar-refractivity contribution in [3.63, 3.8) is 0 Å². The SMILES string of the molecule is CN(CCCC(C)(C)C(N)=NO)c1ccc(F)cc1. The Morgan fingerprint density at radius 3 is 2.47 bits per heavy atom. The van der Waals surface area contributed by atoms with Crippen molar-refractivity contribution in [1.29, 1.82) is 0 Å². The Balaban J connectivity index is 2.47. The van der Waals surface area contributed by atoms with Crippen LogP contribution in [-0.2, 0) is 0 Å². The number of hydrogen-bond acceptors (Lipinski definition) is 3. The molecular weight excluding hydrogens is 245 g/mol. The quantitative estimate of drug-likeness (QED) is 0.360. The lowest BCUT2D eigenvalue weighted by molar-refractivity contribution is 0.305. The molecule has 0 aliphatic heterocycles. The Morgan fingerprint density at radius 2 is 1.95 bits per heavy atom. The molecule has 0 fully saturated rings. The van der Waals surface area contributed by atoms with Gasteiger partial charge in [-0.2, -0.15) is 0 Å². The Hall–Kier alpha value is -1.78. The van der Waals surface area contributed by atoms with E-state index in [2.05, 4.69) is 10.1 Å². The molecule has 1 aromatic carbocycles. The molecular formula is C14H22FN3O. The van der Waals surface area contributed by atoms with Crippen LogP contribution in [0, 0.1) is 11.2 Å². The molecule has 0 spiro atoms. The summed E-state index contributed by atoms with van der Waals surface area (Å²) >= 11 is 0. The molecule has 0 atom stereocenters. The summed E-state index contributed by atoms with van der Waals surface area (Å²) in [4.78, 5) is 2.06. The summed E-state index contributed by atoms with van der Waals surface area (Å²) in [5, 5.41) is 11.8. The van der Waals surface area contributed by atoms with Crippen molar-refractivity contribution in [2.75, 3.05) is 18.5 Å². The lowest BCUT2D eigenvalue weighted by atomic mass is 9.86. The highest BCUT2D eigenvalue weighted by Crippen LogP contribution is 2.23. The minimum absolute atomic E-state index is 0.231. The number of anilines is 1. The fraction of sp³-hybridized carbons (Fsp3) is 0.500. The van der Waals surface area contributed by atoms with Crippen LogP contribution < -0.4 is 10.6 Å². The van der Waals surface area contributed by atoms with E-state index in [9.17, 15) is 4.39 Å². The second-order valence-electron chi connectivity index (χ2n) is 5.37. The number of rotatable bonds is 6. The van der Waals surface area contributed by atoms with Crippen molar-refractivity contribution in [2.45, 2.75) is 26.7 Å². The van der Waals surface area contributed by atoms with Crippen LogP contribution in [0.15, 0.2) is 29.4 Å². The zero-order valence-electron chi connectivity index (χ0n) is 11.7. The van der Waals surface area contributed by atoms with Crippen LogP contribution in [0.5, 0.6) is 0 Å². The number of amidine groups is 1. The van der Waals surface area contributed by atoms with Crippen LogP contribution in [0.4, 0.5) is 10.1 Å². The highest BCUT2D eigenvalue weighted by molar-refractivity contribution is 5.85. The number of nitrogens with two attached hydrogens (primary N) is 1. The van der Waals surface area contributed by atoms with Crippen LogP contribution >= 0.6 is 0 Å². The predicted octanol–water partition coefficient (Wildman–Crippen LogP) is 2.81. The van der Waals surface area contributed by atoms with Gasteiger partial charge in [0.25, 0.3) is 0 Å². The summed E-state index contributed by atoms with van der Waals surface area (Å²) < 4.78 is 12.8. The molecule has 4 nitrogen and oxygen atoms in total. The highest BCUT2D eigenvalue weighted by Gasteiger charge is 2.23. The first-order chi connectivity index (χ1) is 8.86. The van der Waals surface area contributed by atoms with Crippen molar-refractivity contribution in [1.82, 2.24) is 0 Å². The monoisotopic (exact) mass is 267 g/mol. The Labute approximate surface area is 113 Å². The third-order valence-corrected chi connectivity index (χ3v) is 3.36. The van der Waals surface area contributed by atoms with E-state index in [0.717, 1.165) is 25.1 Å². The molecule has 0 aromatic heterocycles. The van der Waals surface area contributed by atoms with Gasteiger partial charge < -0.3 is 15.8 Å². The topological polar surface area (TPSA) is 61.8 Å². The van der Waals surface area contributed by atoms with E-state index in [1.54, 1.807) is 12.1 Å². The Kier molecular flexibility index (Phi) is 5.15. The van der Waals surface area contributed by atoms with E-state index in [0.29, 0.717) is 0 Å². The van der Waals surface area contributed by atoms with Gasteiger partial charge in [-0.15, -0.1) is 0 Å². The first-order valence-electron chi connectivity index (χ1n) is 6.31. The number of halogens is 1. The standard InChI is InChI=1S/C14H22FN3O/c1-14(2,13(16)17-19)9-4-10-18(3)12-7-5-11(15)6-8-12/h5-8,19H,4,9-10H2,1-3H3,(H2,16,17). The van der Waals surface area contributed by atoms with Gasteiger partial charge in [-0.3, -0.25) is 0 Å². The van der Waals surface area contributed by atoms with E-state index in [1.165, 1.54) is 12.1 Å². The van der Waals surface area contributed by atoms with Crippen LogP contribution in [0.1, 0.15) is 26.7 Å². The van der Waals surface area contributed by atoms with Crippen molar-refractivity contribution >= 4 is 11.5 Å². The summed E-state index contributed by atoms with van der Waals surface area (Å²) in [6.07, 6.45) is 1.71. The number of hydrogen-bond donors (Lipinski definition) is 2. The summed E-state index contributed by atoms with van der Waals surface area (Å²) in [5.41, 5.74) is 6.29. The van der Waals surface area contributed by atoms with Crippen LogP contribution in [0.2, 0.25) is 0 Å². The Bertz CT molecular complexity index is 429. The fourth-order valence-electron chi connectivity index (χ4n) is 1.85. The molecule has 0 saturated heterocycles. The maximum Gasteiger partial charge on any atom is 0.144 e. The molecule has 3 N–H and O–H groups in total. The maximum atomic E-state index is 12.8. The number of oxime groups is 1. The molecule has 1 rings (SSSR count). The van der Waals surface area contributed by atoms with Gasteiger partial charge in [0.2, 0.25) is 0 Å². The highest BCUT2D eigenvalue weighted by atomic mass is 19.1. The lowest BCUT2D eigenvalue weighted by Crippen LogP contribution is -2.32. The van der Waals surface area contributed by atoms with Gasteiger partial charge in [0.15, 0.2) is 0 Å². The fourth-order valence-corrected chi connectivity index (χ4v) is 1.85. The second-order valence-corrected chi connectivity index (χ2v) is 5.37.